The maximum atomic E-state index is 11.8. The molecule has 0 radical (unpaired) electrons. The van der Waals surface area contributed by atoms with Crippen molar-refractivity contribution in [2.24, 2.45) is 0 Å². The van der Waals surface area contributed by atoms with Gasteiger partial charge in [-0.1, -0.05) is 6.07 Å². The normalized spacial score (nSPS) is 15.1. The van der Waals surface area contributed by atoms with Crippen LogP contribution in [0.4, 0.5) is 0 Å². The number of carbonyl (C=O) groups excluding carboxylic acids is 1. The summed E-state index contributed by atoms with van der Waals surface area (Å²) in [7, 11) is 0. The molecule has 1 aromatic rings. The van der Waals surface area contributed by atoms with Gasteiger partial charge in [-0.2, -0.15) is 0 Å². The molecule has 1 fully saturated rings. The number of pyridine rings is 1. The van der Waals surface area contributed by atoms with Crippen LogP contribution in [0.25, 0.3) is 0 Å². The SMILES string of the molecule is Cc1cncc(CNCCC(=O)N2CCCC2)c1. The third-order valence-electron chi connectivity index (χ3n) is 3.24. The molecular formula is C14H21N3O. The van der Waals surface area contributed by atoms with E-state index < -0.39 is 0 Å². The first-order chi connectivity index (χ1) is 8.75. The molecule has 1 amide bonds. The van der Waals surface area contributed by atoms with E-state index in [0.717, 1.165) is 39.0 Å². The van der Waals surface area contributed by atoms with Crippen LogP contribution in [0.15, 0.2) is 18.5 Å². The van der Waals surface area contributed by atoms with E-state index >= 15 is 0 Å². The molecule has 4 heteroatoms. The minimum atomic E-state index is 0.280. The molecule has 1 aromatic heterocycles. The van der Waals surface area contributed by atoms with Gasteiger partial charge in [0.15, 0.2) is 0 Å². The van der Waals surface area contributed by atoms with Gasteiger partial charge in [-0.25, -0.2) is 0 Å². The Bertz CT molecular complexity index is 400. The minimum Gasteiger partial charge on any atom is -0.343 e. The van der Waals surface area contributed by atoms with E-state index in [1.807, 2.05) is 24.2 Å². The van der Waals surface area contributed by atoms with Crippen LogP contribution >= 0.6 is 0 Å². The summed E-state index contributed by atoms with van der Waals surface area (Å²) in [6.07, 6.45) is 6.63. The lowest BCUT2D eigenvalue weighted by Gasteiger charge is -2.15. The molecule has 1 N–H and O–H groups in total. The third kappa shape index (κ3) is 3.81. The van der Waals surface area contributed by atoms with E-state index in [2.05, 4.69) is 16.4 Å². The van der Waals surface area contributed by atoms with Gasteiger partial charge in [-0.3, -0.25) is 9.78 Å². The van der Waals surface area contributed by atoms with Gasteiger partial charge in [0.25, 0.3) is 0 Å². The van der Waals surface area contributed by atoms with Crippen molar-refractivity contribution in [3.63, 3.8) is 0 Å². The Hall–Kier alpha value is -1.42. The monoisotopic (exact) mass is 247 g/mol. The minimum absolute atomic E-state index is 0.280. The lowest BCUT2D eigenvalue weighted by Crippen LogP contribution is -2.30. The summed E-state index contributed by atoms with van der Waals surface area (Å²) >= 11 is 0. The Balaban J connectivity index is 1.65. The molecular weight excluding hydrogens is 226 g/mol. The fraction of sp³-hybridized carbons (Fsp3) is 0.571. The quantitative estimate of drug-likeness (QED) is 0.802. The average Bonchev–Trinajstić information content (AvgIpc) is 2.88. The van der Waals surface area contributed by atoms with Crippen molar-refractivity contribution in [2.75, 3.05) is 19.6 Å². The van der Waals surface area contributed by atoms with Crippen LogP contribution in [0.2, 0.25) is 0 Å². The number of aromatic nitrogens is 1. The smallest absolute Gasteiger partial charge is 0.223 e. The van der Waals surface area contributed by atoms with Crippen molar-refractivity contribution in [2.45, 2.75) is 32.7 Å². The summed E-state index contributed by atoms with van der Waals surface area (Å²) in [5, 5.41) is 3.30. The number of aryl methyl sites for hydroxylation is 1. The van der Waals surface area contributed by atoms with Crippen LogP contribution in [-0.2, 0) is 11.3 Å². The van der Waals surface area contributed by atoms with Crippen molar-refractivity contribution in [1.82, 2.24) is 15.2 Å². The van der Waals surface area contributed by atoms with E-state index in [1.165, 1.54) is 11.1 Å². The number of hydrogen-bond donors (Lipinski definition) is 1. The maximum absolute atomic E-state index is 11.8. The molecule has 18 heavy (non-hydrogen) atoms. The van der Waals surface area contributed by atoms with Crippen molar-refractivity contribution >= 4 is 5.91 Å². The number of hydrogen-bond acceptors (Lipinski definition) is 3. The molecule has 0 unspecified atom stereocenters. The number of rotatable bonds is 5. The zero-order chi connectivity index (χ0) is 12.8. The summed E-state index contributed by atoms with van der Waals surface area (Å²) < 4.78 is 0. The summed E-state index contributed by atoms with van der Waals surface area (Å²) in [6, 6.07) is 2.11. The van der Waals surface area contributed by atoms with Gasteiger partial charge in [0.05, 0.1) is 0 Å². The highest BCUT2D eigenvalue weighted by atomic mass is 16.2. The molecule has 1 aliphatic heterocycles. The molecule has 0 atom stereocenters. The second-order valence-electron chi connectivity index (χ2n) is 4.89. The Morgan fingerprint density at radius 3 is 2.89 bits per heavy atom. The number of nitrogens with zero attached hydrogens (tertiary/aromatic N) is 2. The largest absolute Gasteiger partial charge is 0.343 e. The summed E-state index contributed by atoms with van der Waals surface area (Å²) in [5.74, 6) is 0.280. The number of carbonyl (C=O) groups is 1. The van der Waals surface area contributed by atoms with Gasteiger partial charge >= 0.3 is 0 Å². The molecule has 0 saturated carbocycles. The first-order valence-corrected chi connectivity index (χ1v) is 6.65. The molecule has 98 valence electrons. The molecule has 2 heterocycles. The maximum Gasteiger partial charge on any atom is 0.223 e. The second kappa shape index (κ2) is 6.50. The predicted octanol–water partition coefficient (Wildman–Crippen LogP) is 1.49. The second-order valence-corrected chi connectivity index (χ2v) is 4.89. The van der Waals surface area contributed by atoms with Crippen molar-refractivity contribution in [1.29, 1.82) is 0 Å². The Labute approximate surface area is 108 Å². The lowest BCUT2D eigenvalue weighted by atomic mass is 10.2. The highest BCUT2D eigenvalue weighted by molar-refractivity contribution is 5.76. The van der Waals surface area contributed by atoms with Gasteiger partial charge in [0, 0.05) is 45.0 Å². The topological polar surface area (TPSA) is 45.2 Å². The highest BCUT2D eigenvalue weighted by Gasteiger charge is 2.16. The van der Waals surface area contributed by atoms with Crippen LogP contribution < -0.4 is 5.32 Å². The van der Waals surface area contributed by atoms with Crippen LogP contribution in [0.1, 0.15) is 30.4 Å². The first-order valence-electron chi connectivity index (χ1n) is 6.65. The average molecular weight is 247 g/mol. The zero-order valence-electron chi connectivity index (χ0n) is 11.0. The van der Waals surface area contributed by atoms with Crippen molar-refractivity contribution in [3.8, 4) is 0 Å². The molecule has 4 nitrogen and oxygen atoms in total. The molecule has 2 rings (SSSR count). The number of likely N-dealkylation sites (tertiary alicyclic amines) is 1. The van der Waals surface area contributed by atoms with Gasteiger partial charge < -0.3 is 10.2 Å². The van der Waals surface area contributed by atoms with Crippen LogP contribution in [0, 0.1) is 6.92 Å². The van der Waals surface area contributed by atoms with Gasteiger partial charge in [0.2, 0.25) is 5.91 Å². The molecule has 0 aromatic carbocycles. The number of nitrogens with one attached hydrogen (secondary N) is 1. The van der Waals surface area contributed by atoms with E-state index in [9.17, 15) is 4.79 Å². The van der Waals surface area contributed by atoms with Gasteiger partial charge in [-0.05, 0) is 30.9 Å². The standard InChI is InChI=1S/C14H21N3O/c1-12-8-13(11-16-9-12)10-15-5-4-14(18)17-6-2-3-7-17/h8-9,11,15H,2-7,10H2,1H3. The highest BCUT2D eigenvalue weighted by Crippen LogP contribution is 2.08. The predicted molar refractivity (Wildman–Crippen MR) is 71.1 cm³/mol. The lowest BCUT2D eigenvalue weighted by molar-refractivity contribution is -0.130. The van der Waals surface area contributed by atoms with E-state index in [-0.39, 0.29) is 5.91 Å². The third-order valence-corrected chi connectivity index (χ3v) is 3.24. The van der Waals surface area contributed by atoms with Gasteiger partial charge in [-0.15, -0.1) is 0 Å². The van der Waals surface area contributed by atoms with Crippen LogP contribution in [-0.4, -0.2) is 35.4 Å². The summed E-state index contributed by atoms with van der Waals surface area (Å²) in [6.45, 7) is 5.44. The number of amides is 1. The molecule has 0 spiro atoms. The fourth-order valence-electron chi connectivity index (χ4n) is 2.27. The van der Waals surface area contributed by atoms with Crippen LogP contribution in [0.3, 0.4) is 0 Å². The van der Waals surface area contributed by atoms with E-state index in [1.54, 1.807) is 0 Å². The molecule has 1 aliphatic rings. The Kier molecular flexibility index (Phi) is 4.70. The summed E-state index contributed by atoms with van der Waals surface area (Å²) in [5.41, 5.74) is 2.34. The molecule has 1 saturated heterocycles. The Morgan fingerprint density at radius 1 is 1.39 bits per heavy atom. The van der Waals surface area contributed by atoms with E-state index in [4.69, 9.17) is 0 Å². The zero-order valence-corrected chi connectivity index (χ0v) is 11.0. The fourth-order valence-corrected chi connectivity index (χ4v) is 2.27. The van der Waals surface area contributed by atoms with Gasteiger partial charge in [0.1, 0.15) is 0 Å². The molecule has 0 bridgehead atoms. The van der Waals surface area contributed by atoms with Crippen molar-refractivity contribution in [3.05, 3.63) is 29.6 Å². The molecule has 0 aliphatic carbocycles. The summed E-state index contributed by atoms with van der Waals surface area (Å²) in [4.78, 5) is 17.9. The van der Waals surface area contributed by atoms with Crippen molar-refractivity contribution < 1.29 is 4.79 Å². The van der Waals surface area contributed by atoms with E-state index in [0.29, 0.717) is 6.42 Å². The Morgan fingerprint density at radius 2 is 2.17 bits per heavy atom. The van der Waals surface area contributed by atoms with Crippen LogP contribution in [0.5, 0.6) is 0 Å². The first kappa shape index (κ1) is 13.0.